The van der Waals surface area contributed by atoms with Crippen LogP contribution in [0.3, 0.4) is 0 Å². The van der Waals surface area contributed by atoms with Crippen LogP contribution in [0, 0.1) is 15.9 Å². The average Bonchev–Trinajstić information content (AvgIpc) is 2.46. The van der Waals surface area contributed by atoms with Crippen LogP contribution in [0.2, 0.25) is 0 Å². The molecule has 2 rings (SSSR count). The maximum Gasteiger partial charge on any atom is 0.306 e. The van der Waals surface area contributed by atoms with Crippen LogP contribution in [0.25, 0.3) is 0 Å². The Hall–Kier alpha value is -2.43. The van der Waals surface area contributed by atoms with E-state index in [1.807, 2.05) is 18.2 Å². The fraction of sp³-hybridized carbons (Fsp3) is 0.200. The molecule has 0 aliphatic heterocycles. The summed E-state index contributed by atoms with van der Waals surface area (Å²) in [6, 6.07) is 13.9. The van der Waals surface area contributed by atoms with Gasteiger partial charge in [-0.25, -0.2) is 0 Å². The third kappa shape index (κ3) is 3.78. The Bertz CT molecular complexity index is 588. The van der Waals surface area contributed by atoms with E-state index in [4.69, 9.17) is 0 Å². The molecule has 0 saturated heterocycles. The minimum Gasteiger partial charge on any atom is -0.385 e. The smallest absolute Gasteiger partial charge is 0.306 e. The van der Waals surface area contributed by atoms with Gasteiger partial charge in [-0.3, -0.25) is 10.1 Å². The molecule has 0 aliphatic carbocycles. The lowest BCUT2D eigenvalue weighted by atomic mass is 10.1. The normalized spacial score (nSPS) is 10.2. The van der Waals surface area contributed by atoms with Crippen molar-refractivity contribution in [2.45, 2.75) is 12.8 Å². The molecule has 5 heteroatoms. The second kappa shape index (κ2) is 6.65. The third-order valence-electron chi connectivity index (χ3n) is 2.96. The predicted molar refractivity (Wildman–Crippen MR) is 76.3 cm³/mol. The first-order valence-electron chi connectivity index (χ1n) is 6.38. The Labute approximate surface area is 116 Å². The molecule has 0 spiro atoms. The van der Waals surface area contributed by atoms with Crippen molar-refractivity contribution in [1.29, 1.82) is 0 Å². The average molecular weight is 274 g/mol. The predicted octanol–water partition coefficient (Wildman–Crippen LogP) is 3.78. The highest BCUT2D eigenvalue weighted by Crippen LogP contribution is 2.21. The summed E-state index contributed by atoms with van der Waals surface area (Å²) in [4.78, 5) is 9.91. The van der Waals surface area contributed by atoms with Crippen LogP contribution in [0.15, 0.2) is 48.5 Å². The topological polar surface area (TPSA) is 55.2 Å². The fourth-order valence-corrected chi connectivity index (χ4v) is 1.93. The van der Waals surface area contributed by atoms with E-state index in [1.54, 1.807) is 0 Å². The number of benzene rings is 2. The molecule has 1 N–H and O–H groups in total. The molecule has 104 valence electrons. The molecule has 2 aromatic rings. The van der Waals surface area contributed by atoms with Gasteiger partial charge in [-0.15, -0.1) is 0 Å². The third-order valence-corrected chi connectivity index (χ3v) is 2.96. The second-order valence-corrected chi connectivity index (χ2v) is 4.44. The lowest BCUT2D eigenvalue weighted by Gasteiger charge is -2.06. The highest BCUT2D eigenvalue weighted by atomic mass is 19.1. The molecule has 0 saturated carbocycles. The minimum absolute atomic E-state index is 0.502. The van der Waals surface area contributed by atoms with Gasteiger partial charge in [-0.05, 0) is 30.5 Å². The molecule has 0 amide bonds. The molecule has 0 heterocycles. The molecule has 0 atom stereocenters. The summed E-state index contributed by atoms with van der Waals surface area (Å²) in [6.07, 6.45) is 1.83. The minimum atomic E-state index is -0.815. The fourth-order valence-electron chi connectivity index (χ4n) is 1.93. The van der Waals surface area contributed by atoms with Crippen LogP contribution < -0.4 is 5.32 Å². The molecular weight excluding hydrogens is 259 g/mol. The van der Waals surface area contributed by atoms with E-state index >= 15 is 0 Å². The number of nitro groups is 1. The molecule has 0 aromatic heterocycles. The van der Waals surface area contributed by atoms with Gasteiger partial charge in [0.1, 0.15) is 0 Å². The number of aryl methyl sites for hydroxylation is 1. The van der Waals surface area contributed by atoms with E-state index in [1.165, 1.54) is 17.7 Å². The van der Waals surface area contributed by atoms with Gasteiger partial charge in [0.2, 0.25) is 5.82 Å². The number of anilines is 1. The zero-order valence-corrected chi connectivity index (χ0v) is 10.9. The van der Waals surface area contributed by atoms with Gasteiger partial charge in [0.25, 0.3) is 0 Å². The molecule has 0 radical (unpaired) electrons. The molecule has 0 unspecified atom stereocenters. The number of nitrogens with zero attached hydrogens (tertiary/aromatic N) is 1. The highest BCUT2D eigenvalue weighted by Gasteiger charge is 2.13. The highest BCUT2D eigenvalue weighted by molar-refractivity contribution is 5.51. The van der Waals surface area contributed by atoms with Crippen molar-refractivity contribution in [3.63, 3.8) is 0 Å². The van der Waals surface area contributed by atoms with E-state index < -0.39 is 16.4 Å². The number of halogens is 1. The standard InChI is InChI=1S/C15H15FN2O2/c16-14-9-8-13(11-15(14)18(19)20)17-10-4-7-12-5-2-1-3-6-12/h1-3,5-6,8-9,11,17H,4,7,10H2. The van der Waals surface area contributed by atoms with Crippen LogP contribution in [0.4, 0.5) is 15.8 Å². The van der Waals surface area contributed by atoms with Crippen molar-refractivity contribution in [2.24, 2.45) is 0 Å². The SMILES string of the molecule is O=[N+]([O-])c1cc(NCCCc2ccccc2)ccc1F. The number of hydrogen-bond acceptors (Lipinski definition) is 3. The number of hydrogen-bond donors (Lipinski definition) is 1. The molecule has 0 fully saturated rings. The number of nitro benzene ring substituents is 1. The van der Waals surface area contributed by atoms with Gasteiger partial charge in [0, 0.05) is 18.3 Å². The van der Waals surface area contributed by atoms with E-state index in [0.717, 1.165) is 18.9 Å². The first-order chi connectivity index (χ1) is 9.66. The van der Waals surface area contributed by atoms with Crippen molar-refractivity contribution in [2.75, 3.05) is 11.9 Å². The molecule has 4 nitrogen and oxygen atoms in total. The van der Waals surface area contributed by atoms with Crippen LogP contribution in [0.5, 0.6) is 0 Å². The Morgan fingerprint density at radius 2 is 1.90 bits per heavy atom. The summed E-state index contributed by atoms with van der Waals surface area (Å²) in [5.74, 6) is -0.815. The van der Waals surface area contributed by atoms with Crippen molar-refractivity contribution >= 4 is 11.4 Å². The largest absolute Gasteiger partial charge is 0.385 e. The monoisotopic (exact) mass is 274 g/mol. The molecule has 0 aliphatic rings. The van der Waals surface area contributed by atoms with Gasteiger partial charge < -0.3 is 5.32 Å². The van der Waals surface area contributed by atoms with Crippen molar-refractivity contribution in [3.05, 3.63) is 70.0 Å². The molecular formula is C15H15FN2O2. The maximum atomic E-state index is 13.2. The van der Waals surface area contributed by atoms with E-state index in [0.29, 0.717) is 12.2 Å². The van der Waals surface area contributed by atoms with Gasteiger partial charge >= 0.3 is 5.69 Å². The summed E-state index contributed by atoms with van der Waals surface area (Å²) < 4.78 is 13.2. The van der Waals surface area contributed by atoms with Gasteiger partial charge in [0.05, 0.1) is 4.92 Å². The summed E-state index contributed by atoms with van der Waals surface area (Å²) in [7, 11) is 0. The molecule has 2 aromatic carbocycles. The van der Waals surface area contributed by atoms with Gasteiger partial charge in [0.15, 0.2) is 0 Å². The summed E-state index contributed by atoms with van der Waals surface area (Å²) >= 11 is 0. The second-order valence-electron chi connectivity index (χ2n) is 4.44. The lowest BCUT2D eigenvalue weighted by molar-refractivity contribution is -0.387. The maximum absolute atomic E-state index is 13.2. The van der Waals surface area contributed by atoms with Crippen molar-refractivity contribution in [3.8, 4) is 0 Å². The zero-order chi connectivity index (χ0) is 14.4. The quantitative estimate of drug-likeness (QED) is 0.495. The van der Waals surface area contributed by atoms with E-state index in [9.17, 15) is 14.5 Å². The van der Waals surface area contributed by atoms with Crippen molar-refractivity contribution < 1.29 is 9.31 Å². The van der Waals surface area contributed by atoms with Crippen LogP contribution >= 0.6 is 0 Å². The lowest BCUT2D eigenvalue weighted by Crippen LogP contribution is -2.04. The Balaban J connectivity index is 1.85. The van der Waals surface area contributed by atoms with Crippen LogP contribution in [0.1, 0.15) is 12.0 Å². The Morgan fingerprint density at radius 3 is 2.60 bits per heavy atom. The van der Waals surface area contributed by atoms with Crippen molar-refractivity contribution in [1.82, 2.24) is 0 Å². The van der Waals surface area contributed by atoms with Gasteiger partial charge in [-0.1, -0.05) is 30.3 Å². The summed E-state index contributed by atoms with van der Waals surface area (Å²) in [5, 5.41) is 13.7. The molecule has 0 bridgehead atoms. The van der Waals surface area contributed by atoms with Crippen LogP contribution in [-0.4, -0.2) is 11.5 Å². The summed E-state index contributed by atoms with van der Waals surface area (Å²) in [5.41, 5.74) is 1.31. The molecule has 20 heavy (non-hydrogen) atoms. The zero-order valence-electron chi connectivity index (χ0n) is 10.9. The first kappa shape index (κ1) is 14.0. The van der Waals surface area contributed by atoms with E-state index in [-0.39, 0.29) is 0 Å². The Morgan fingerprint density at radius 1 is 1.15 bits per heavy atom. The first-order valence-corrected chi connectivity index (χ1v) is 6.38. The number of nitrogens with one attached hydrogen (secondary N) is 1. The van der Waals surface area contributed by atoms with Gasteiger partial charge in [-0.2, -0.15) is 4.39 Å². The van der Waals surface area contributed by atoms with E-state index in [2.05, 4.69) is 17.4 Å². The number of rotatable bonds is 6. The summed E-state index contributed by atoms with van der Waals surface area (Å²) in [6.45, 7) is 0.678. The van der Waals surface area contributed by atoms with Crippen LogP contribution in [-0.2, 0) is 6.42 Å². The Kier molecular flexibility index (Phi) is 4.65.